The molecule has 1 aliphatic carbocycles. The van der Waals surface area contributed by atoms with Crippen LogP contribution in [-0.4, -0.2) is 46.2 Å². The largest absolute Gasteiger partial charge is 0.383 e. The minimum absolute atomic E-state index is 0.00525. The number of nitrogens with zero attached hydrogens (tertiary/aromatic N) is 3. The number of rotatable bonds is 8. The van der Waals surface area contributed by atoms with Gasteiger partial charge in [-0.1, -0.05) is 11.8 Å². The number of carbonyl (C=O) groups excluding carboxylic acids is 1. The van der Waals surface area contributed by atoms with E-state index in [9.17, 15) is 4.79 Å². The van der Waals surface area contributed by atoms with Crippen LogP contribution in [-0.2, 0) is 16.1 Å². The van der Waals surface area contributed by atoms with Crippen molar-refractivity contribution in [2.75, 3.05) is 20.3 Å². The molecule has 1 aromatic heterocycles. The smallest absolute Gasteiger partial charge is 0.233 e. The predicted molar refractivity (Wildman–Crippen MR) is 77.9 cm³/mol. The number of hydrogen-bond acceptors (Lipinski definition) is 5. The van der Waals surface area contributed by atoms with Crippen molar-refractivity contribution in [1.29, 1.82) is 0 Å². The standard InChI is InChI=1S/C13H22N4O2S/c1-4-17-11(10-5-6-10)15-16-13(17)20-9(2)12(18)14-7-8-19-3/h9-10H,4-8H2,1-3H3,(H,14,18)/t9-/m0/s1. The van der Waals surface area contributed by atoms with Gasteiger partial charge in [-0.2, -0.15) is 0 Å². The van der Waals surface area contributed by atoms with E-state index in [2.05, 4.69) is 27.0 Å². The fraction of sp³-hybridized carbons (Fsp3) is 0.769. The summed E-state index contributed by atoms with van der Waals surface area (Å²) >= 11 is 1.46. The Bertz CT molecular complexity index is 459. The van der Waals surface area contributed by atoms with Crippen molar-refractivity contribution in [3.8, 4) is 0 Å². The number of ether oxygens (including phenoxy) is 1. The lowest BCUT2D eigenvalue weighted by Crippen LogP contribution is -2.33. The molecule has 7 heteroatoms. The van der Waals surface area contributed by atoms with E-state index < -0.39 is 0 Å². The number of nitrogens with one attached hydrogen (secondary N) is 1. The van der Waals surface area contributed by atoms with Gasteiger partial charge < -0.3 is 14.6 Å². The molecule has 1 fully saturated rings. The maximum Gasteiger partial charge on any atom is 0.233 e. The molecular weight excluding hydrogens is 276 g/mol. The zero-order chi connectivity index (χ0) is 14.5. The Balaban J connectivity index is 1.93. The van der Waals surface area contributed by atoms with Gasteiger partial charge in [0, 0.05) is 26.1 Å². The molecule has 112 valence electrons. The van der Waals surface area contributed by atoms with Crippen LogP contribution in [0.5, 0.6) is 0 Å². The summed E-state index contributed by atoms with van der Waals surface area (Å²) in [5.41, 5.74) is 0. The van der Waals surface area contributed by atoms with Gasteiger partial charge >= 0.3 is 0 Å². The first-order valence-corrected chi connectivity index (χ1v) is 7.91. The lowest BCUT2D eigenvalue weighted by atomic mass is 10.4. The van der Waals surface area contributed by atoms with E-state index in [-0.39, 0.29) is 11.2 Å². The summed E-state index contributed by atoms with van der Waals surface area (Å²) in [6.07, 6.45) is 2.41. The first-order chi connectivity index (χ1) is 9.67. The van der Waals surface area contributed by atoms with Crippen molar-refractivity contribution in [3.05, 3.63) is 5.82 Å². The molecule has 2 rings (SSSR count). The minimum atomic E-state index is -0.187. The molecule has 0 unspecified atom stereocenters. The third-order valence-corrected chi connectivity index (χ3v) is 4.34. The maximum atomic E-state index is 11.9. The number of thioether (sulfide) groups is 1. The van der Waals surface area contributed by atoms with Crippen LogP contribution < -0.4 is 5.32 Å². The highest BCUT2D eigenvalue weighted by Crippen LogP contribution is 2.40. The van der Waals surface area contributed by atoms with E-state index in [0.717, 1.165) is 17.5 Å². The molecule has 1 heterocycles. The molecule has 1 aromatic rings. The first kappa shape index (κ1) is 15.3. The normalized spacial score (nSPS) is 16.1. The first-order valence-electron chi connectivity index (χ1n) is 7.03. The van der Waals surface area contributed by atoms with Crippen LogP contribution >= 0.6 is 11.8 Å². The summed E-state index contributed by atoms with van der Waals surface area (Å²) in [6.45, 7) is 5.88. The molecule has 1 atom stereocenters. The summed E-state index contributed by atoms with van der Waals surface area (Å²) in [5.74, 6) is 1.65. The van der Waals surface area contributed by atoms with Crippen LogP contribution in [0.3, 0.4) is 0 Å². The second kappa shape index (κ2) is 7.08. The van der Waals surface area contributed by atoms with Crippen LogP contribution in [0.4, 0.5) is 0 Å². The summed E-state index contributed by atoms with van der Waals surface area (Å²) in [4.78, 5) is 11.9. The number of amides is 1. The van der Waals surface area contributed by atoms with E-state index in [1.807, 2.05) is 6.92 Å². The molecule has 6 nitrogen and oxygen atoms in total. The average molecular weight is 298 g/mol. The Kier molecular flexibility index (Phi) is 5.42. The Hall–Kier alpha value is -1.08. The van der Waals surface area contributed by atoms with E-state index >= 15 is 0 Å². The number of aromatic nitrogens is 3. The molecule has 1 N–H and O–H groups in total. The Morgan fingerprint density at radius 2 is 2.30 bits per heavy atom. The van der Waals surface area contributed by atoms with Crippen LogP contribution in [0, 0.1) is 0 Å². The molecule has 0 bridgehead atoms. The van der Waals surface area contributed by atoms with Crippen LogP contribution in [0.1, 0.15) is 38.4 Å². The van der Waals surface area contributed by atoms with Crippen molar-refractivity contribution >= 4 is 17.7 Å². The van der Waals surface area contributed by atoms with E-state index in [0.29, 0.717) is 19.1 Å². The van der Waals surface area contributed by atoms with Crippen molar-refractivity contribution < 1.29 is 9.53 Å². The topological polar surface area (TPSA) is 69.0 Å². The van der Waals surface area contributed by atoms with Crippen molar-refractivity contribution in [1.82, 2.24) is 20.1 Å². The van der Waals surface area contributed by atoms with Gasteiger partial charge in [0.15, 0.2) is 5.16 Å². The van der Waals surface area contributed by atoms with Gasteiger partial charge in [0.2, 0.25) is 5.91 Å². The van der Waals surface area contributed by atoms with E-state index in [4.69, 9.17) is 4.74 Å². The fourth-order valence-electron chi connectivity index (χ4n) is 1.96. The monoisotopic (exact) mass is 298 g/mol. The highest BCUT2D eigenvalue weighted by atomic mass is 32.2. The second-order valence-corrected chi connectivity index (χ2v) is 6.21. The third kappa shape index (κ3) is 3.73. The zero-order valence-electron chi connectivity index (χ0n) is 12.3. The van der Waals surface area contributed by atoms with Crippen LogP contribution in [0.2, 0.25) is 0 Å². The quantitative estimate of drug-likeness (QED) is 0.580. The Morgan fingerprint density at radius 1 is 1.55 bits per heavy atom. The summed E-state index contributed by atoms with van der Waals surface area (Å²) in [7, 11) is 1.62. The van der Waals surface area contributed by atoms with Gasteiger partial charge in [-0.25, -0.2) is 0 Å². The van der Waals surface area contributed by atoms with Gasteiger partial charge in [-0.3, -0.25) is 4.79 Å². The predicted octanol–water partition coefficient (Wildman–Crippen LogP) is 1.42. The van der Waals surface area contributed by atoms with Gasteiger partial charge in [0.1, 0.15) is 5.82 Å². The van der Waals surface area contributed by atoms with Crippen molar-refractivity contribution in [3.63, 3.8) is 0 Å². The van der Waals surface area contributed by atoms with E-state index in [1.165, 1.54) is 24.6 Å². The molecule has 0 aliphatic heterocycles. The van der Waals surface area contributed by atoms with Gasteiger partial charge in [-0.05, 0) is 26.7 Å². The van der Waals surface area contributed by atoms with Crippen LogP contribution in [0.25, 0.3) is 0 Å². The molecule has 0 radical (unpaired) electrons. The van der Waals surface area contributed by atoms with Crippen molar-refractivity contribution in [2.45, 2.75) is 49.6 Å². The summed E-state index contributed by atoms with van der Waals surface area (Å²) in [6, 6.07) is 0. The second-order valence-electron chi connectivity index (χ2n) is 4.90. The van der Waals surface area contributed by atoms with Crippen molar-refractivity contribution in [2.24, 2.45) is 0 Å². The highest BCUT2D eigenvalue weighted by molar-refractivity contribution is 8.00. The minimum Gasteiger partial charge on any atom is -0.383 e. The van der Waals surface area contributed by atoms with Gasteiger partial charge in [0.25, 0.3) is 0 Å². The number of hydrogen-bond donors (Lipinski definition) is 1. The lowest BCUT2D eigenvalue weighted by molar-refractivity contribution is -0.120. The lowest BCUT2D eigenvalue weighted by Gasteiger charge is -2.12. The van der Waals surface area contributed by atoms with E-state index in [1.54, 1.807) is 7.11 Å². The average Bonchev–Trinajstić information content (AvgIpc) is 3.20. The SMILES string of the molecule is CCn1c(S[C@@H](C)C(=O)NCCOC)nnc1C1CC1. The maximum absolute atomic E-state index is 11.9. The molecule has 0 spiro atoms. The Labute approximate surface area is 123 Å². The van der Waals surface area contributed by atoms with Crippen LogP contribution in [0.15, 0.2) is 5.16 Å². The molecule has 1 aliphatic rings. The molecule has 20 heavy (non-hydrogen) atoms. The Morgan fingerprint density at radius 3 is 2.90 bits per heavy atom. The molecule has 0 aromatic carbocycles. The summed E-state index contributed by atoms with van der Waals surface area (Å²) in [5, 5.41) is 12.0. The van der Waals surface area contributed by atoms with Gasteiger partial charge in [-0.15, -0.1) is 10.2 Å². The van der Waals surface area contributed by atoms with Gasteiger partial charge in [0.05, 0.1) is 11.9 Å². The molecular formula is C13H22N4O2S. The highest BCUT2D eigenvalue weighted by Gasteiger charge is 2.30. The third-order valence-electron chi connectivity index (χ3n) is 3.26. The fourth-order valence-corrected chi connectivity index (χ4v) is 2.90. The molecule has 1 saturated carbocycles. The zero-order valence-corrected chi connectivity index (χ0v) is 13.1. The molecule has 1 amide bonds. The molecule has 0 saturated heterocycles. The number of methoxy groups -OCH3 is 1. The number of carbonyl (C=O) groups is 1. The summed E-state index contributed by atoms with van der Waals surface area (Å²) < 4.78 is 7.04.